The maximum Gasteiger partial charge on any atom is 0.123 e. The third-order valence-corrected chi connectivity index (χ3v) is 3.60. The van der Waals surface area contributed by atoms with Crippen molar-refractivity contribution in [3.05, 3.63) is 47.0 Å². The quantitative estimate of drug-likeness (QED) is 0.882. The molecule has 0 aliphatic rings. The molecule has 0 radical (unpaired) electrons. The Morgan fingerprint density at radius 3 is 2.89 bits per heavy atom. The van der Waals surface area contributed by atoms with Gasteiger partial charge in [-0.05, 0) is 49.6 Å². The van der Waals surface area contributed by atoms with Gasteiger partial charge in [-0.15, -0.1) is 0 Å². The van der Waals surface area contributed by atoms with Gasteiger partial charge in [0.1, 0.15) is 5.82 Å². The summed E-state index contributed by atoms with van der Waals surface area (Å²) >= 11 is 1.22. The van der Waals surface area contributed by atoms with E-state index in [1.54, 1.807) is 12.3 Å². The number of nitrogens with one attached hydrogen (secondary N) is 1. The summed E-state index contributed by atoms with van der Waals surface area (Å²) < 4.78 is 21.5. The van der Waals surface area contributed by atoms with Gasteiger partial charge in [0.2, 0.25) is 0 Å². The minimum absolute atomic E-state index is 0.142. The number of hydrogen-bond donors (Lipinski definition) is 1. The minimum Gasteiger partial charge on any atom is -0.308 e. The monoisotopic (exact) mass is 279 g/mol. The lowest BCUT2D eigenvalue weighted by Crippen LogP contribution is -2.24. The molecule has 102 valence electrons. The van der Waals surface area contributed by atoms with Gasteiger partial charge in [0.15, 0.2) is 0 Å². The van der Waals surface area contributed by atoms with Crippen LogP contribution in [0.5, 0.6) is 0 Å². The Hall–Kier alpha value is -1.33. The van der Waals surface area contributed by atoms with Crippen molar-refractivity contribution >= 4 is 11.7 Å². The Morgan fingerprint density at radius 2 is 2.26 bits per heavy atom. The molecule has 0 aliphatic carbocycles. The molecule has 5 heteroatoms. The largest absolute Gasteiger partial charge is 0.308 e. The zero-order valence-corrected chi connectivity index (χ0v) is 12.0. The van der Waals surface area contributed by atoms with E-state index in [9.17, 15) is 4.39 Å². The lowest BCUT2D eigenvalue weighted by molar-refractivity contribution is 0.519. The van der Waals surface area contributed by atoms with Crippen LogP contribution in [-0.4, -0.2) is 15.3 Å². The molecule has 0 saturated heterocycles. The lowest BCUT2D eigenvalue weighted by Gasteiger charge is -2.17. The molecule has 2 aromatic rings. The number of nitrogens with zero attached hydrogens (tertiary/aromatic N) is 2. The Kier molecular flexibility index (Phi) is 4.99. The summed E-state index contributed by atoms with van der Waals surface area (Å²) in [6.45, 7) is 5.00. The minimum atomic E-state index is -0.186. The Bertz CT molecular complexity index is 513. The van der Waals surface area contributed by atoms with Gasteiger partial charge in [0.25, 0.3) is 0 Å². The first kappa shape index (κ1) is 14.1. The molecular formula is C14H18FN3S. The number of rotatable bonds is 6. The Balaban J connectivity index is 2.15. The first-order valence-corrected chi connectivity index (χ1v) is 7.19. The van der Waals surface area contributed by atoms with E-state index in [2.05, 4.69) is 21.0 Å². The molecule has 0 fully saturated rings. The third-order valence-electron chi connectivity index (χ3n) is 3.10. The first-order chi connectivity index (χ1) is 9.20. The zero-order valence-electron chi connectivity index (χ0n) is 11.2. The molecule has 0 spiro atoms. The molecule has 0 bridgehead atoms. The van der Waals surface area contributed by atoms with E-state index >= 15 is 0 Å². The molecule has 1 unspecified atom stereocenters. The molecule has 0 saturated carbocycles. The number of hydrogen-bond acceptors (Lipinski definition) is 4. The standard InChI is InChI=1S/C14H18FN3S/c1-3-6-16-13(14-9-17-19-18-14)8-11-4-5-12(15)7-10(11)2/h4-5,7,9,13,16H,3,6,8H2,1-2H3. The second kappa shape index (κ2) is 6.73. The van der Waals surface area contributed by atoms with Crippen molar-refractivity contribution in [1.82, 2.24) is 14.1 Å². The molecular weight excluding hydrogens is 261 g/mol. The smallest absolute Gasteiger partial charge is 0.123 e. The fraction of sp³-hybridized carbons (Fsp3) is 0.429. The van der Waals surface area contributed by atoms with Crippen LogP contribution in [0.1, 0.15) is 36.2 Å². The van der Waals surface area contributed by atoms with Crippen LogP contribution in [0.3, 0.4) is 0 Å². The summed E-state index contributed by atoms with van der Waals surface area (Å²) in [5, 5.41) is 3.47. The summed E-state index contributed by atoms with van der Waals surface area (Å²) in [6.07, 6.45) is 3.67. The average molecular weight is 279 g/mol. The van der Waals surface area contributed by atoms with Crippen LogP contribution in [0.25, 0.3) is 0 Å². The highest BCUT2D eigenvalue weighted by Crippen LogP contribution is 2.20. The summed E-state index contributed by atoms with van der Waals surface area (Å²) in [4.78, 5) is 0. The van der Waals surface area contributed by atoms with Crippen molar-refractivity contribution in [2.24, 2.45) is 0 Å². The molecule has 0 aliphatic heterocycles. The van der Waals surface area contributed by atoms with E-state index in [4.69, 9.17) is 0 Å². The molecule has 1 N–H and O–H groups in total. The third kappa shape index (κ3) is 3.81. The highest BCUT2D eigenvalue weighted by molar-refractivity contribution is 6.99. The van der Waals surface area contributed by atoms with E-state index in [0.29, 0.717) is 0 Å². The number of aryl methyl sites for hydroxylation is 1. The van der Waals surface area contributed by atoms with Crippen molar-refractivity contribution in [1.29, 1.82) is 0 Å². The van der Waals surface area contributed by atoms with Crippen LogP contribution in [0.4, 0.5) is 4.39 Å². The Morgan fingerprint density at radius 1 is 1.42 bits per heavy atom. The summed E-state index contributed by atoms with van der Waals surface area (Å²) in [7, 11) is 0. The normalized spacial score (nSPS) is 12.6. The SMILES string of the molecule is CCCNC(Cc1ccc(F)cc1C)c1cnsn1. The Labute approximate surface area is 117 Å². The number of aromatic nitrogens is 2. The maximum absolute atomic E-state index is 13.1. The van der Waals surface area contributed by atoms with Crippen LogP contribution in [0.15, 0.2) is 24.4 Å². The molecule has 1 heterocycles. The molecule has 3 nitrogen and oxygen atoms in total. The lowest BCUT2D eigenvalue weighted by atomic mass is 9.99. The van der Waals surface area contributed by atoms with Gasteiger partial charge >= 0.3 is 0 Å². The molecule has 1 aromatic carbocycles. The van der Waals surface area contributed by atoms with Gasteiger partial charge in [-0.2, -0.15) is 8.75 Å². The predicted molar refractivity (Wildman–Crippen MR) is 75.8 cm³/mol. The maximum atomic E-state index is 13.1. The van der Waals surface area contributed by atoms with Crippen molar-refractivity contribution in [3.8, 4) is 0 Å². The van der Waals surface area contributed by atoms with Crippen LogP contribution < -0.4 is 5.32 Å². The molecule has 19 heavy (non-hydrogen) atoms. The topological polar surface area (TPSA) is 37.8 Å². The van der Waals surface area contributed by atoms with Gasteiger partial charge in [-0.1, -0.05) is 13.0 Å². The average Bonchev–Trinajstić information content (AvgIpc) is 2.90. The highest BCUT2D eigenvalue weighted by Gasteiger charge is 2.15. The molecule has 1 aromatic heterocycles. The number of halogens is 1. The predicted octanol–water partition coefficient (Wildman–Crippen LogP) is 3.27. The van der Waals surface area contributed by atoms with Gasteiger partial charge in [-0.3, -0.25) is 0 Å². The van der Waals surface area contributed by atoms with Gasteiger partial charge < -0.3 is 5.32 Å². The highest BCUT2D eigenvalue weighted by atomic mass is 32.1. The molecule has 2 rings (SSSR count). The number of benzene rings is 1. The summed E-state index contributed by atoms with van der Waals surface area (Å²) in [5.74, 6) is -0.186. The second-order valence-electron chi connectivity index (χ2n) is 4.61. The van der Waals surface area contributed by atoms with Crippen LogP contribution in [-0.2, 0) is 6.42 Å². The summed E-state index contributed by atoms with van der Waals surface area (Å²) in [6, 6.07) is 5.08. The van der Waals surface area contributed by atoms with Crippen LogP contribution in [0, 0.1) is 12.7 Å². The van der Waals surface area contributed by atoms with Gasteiger partial charge in [0, 0.05) is 0 Å². The van der Waals surface area contributed by atoms with E-state index < -0.39 is 0 Å². The second-order valence-corrected chi connectivity index (χ2v) is 5.17. The van der Waals surface area contributed by atoms with Crippen LogP contribution in [0.2, 0.25) is 0 Å². The zero-order chi connectivity index (χ0) is 13.7. The van der Waals surface area contributed by atoms with Gasteiger partial charge in [0.05, 0.1) is 29.7 Å². The van der Waals surface area contributed by atoms with E-state index in [-0.39, 0.29) is 11.9 Å². The van der Waals surface area contributed by atoms with Crippen molar-refractivity contribution in [3.63, 3.8) is 0 Å². The molecule has 0 amide bonds. The van der Waals surface area contributed by atoms with E-state index in [1.165, 1.54) is 17.8 Å². The van der Waals surface area contributed by atoms with E-state index in [1.807, 2.05) is 13.0 Å². The van der Waals surface area contributed by atoms with Crippen molar-refractivity contribution in [2.75, 3.05) is 6.54 Å². The first-order valence-electron chi connectivity index (χ1n) is 6.46. The van der Waals surface area contributed by atoms with E-state index in [0.717, 1.165) is 36.2 Å². The van der Waals surface area contributed by atoms with Gasteiger partial charge in [-0.25, -0.2) is 4.39 Å². The summed E-state index contributed by atoms with van der Waals surface area (Å²) in [5.41, 5.74) is 3.08. The van der Waals surface area contributed by atoms with Crippen LogP contribution >= 0.6 is 11.7 Å². The van der Waals surface area contributed by atoms with Crippen molar-refractivity contribution in [2.45, 2.75) is 32.7 Å². The molecule has 1 atom stereocenters. The fourth-order valence-electron chi connectivity index (χ4n) is 2.03. The van der Waals surface area contributed by atoms with Crippen molar-refractivity contribution < 1.29 is 4.39 Å². The fourth-order valence-corrected chi connectivity index (χ4v) is 2.50.